The maximum absolute atomic E-state index is 6.15. The molecular formula is C12H10BrCl2N3. The van der Waals surface area contributed by atoms with Crippen molar-refractivity contribution in [3.05, 3.63) is 44.5 Å². The van der Waals surface area contributed by atoms with Crippen LogP contribution < -0.4 is 11.1 Å². The third kappa shape index (κ3) is 2.88. The molecule has 1 heterocycles. The van der Waals surface area contributed by atoms with Gasteiger partial charge in [-0.05, 0) is 46.6 Å². The fourth-order valence-electron chi connectivity index (χ4n) is 1.41. The van der Waals surface area contributed by atoms with Crippen LogP contribution in [0.15, 0.2) is 28.9 Å². The van der Waals surface area contributed by atoms with E-state index < -0.39 is 0 Å². The molecule has 6 heteroatoms. The first kappa shape index (κ1) is 13.5. The smallest absolute Gasteiger partial charge is 0.144 e. The molecule has 0 aliphatic heterocycles. The molecule has 0 bridgehead atoms. The number of nitrogens with one attached hydrogen (secondary N) is 1. The quantitative estimate of drug-likeness (QED) is 0.822. The molecule has 0 amide bonds. The second kappa shape index (κ2) is 5.34. The van der Waals surface area contributed by atoms with E-state index in [1.54, 1.807) is 24.4 Å². The number of hydrogen-bond donors (Lipinski definition) is 2. The van der Waals surface area contributed by atoms with Crippen LogP contribution in [0.5, 0.6) is 0 Å². The first-order valence-electron chi connectivity index (χ1n) is 5.11. The lowest BCUT2D eigenvalue weighted by Gasteiger charge is -2.11. The molecule has 2 rings (SSSR count). The first-order chi connectivity index (χ1) is 8.47. The lowest BCUT2D eigenvalue weighted by molar-refractivity contribution is 1.29. The fourth-order valence-corrected chi connectivity index (χ4v) is 2.31. The Morgan fingerprint density at radius 3 is 2.61 bits per heavy atom. The van der Waals surface area contributed by atoms with Crippen LogP contribution in [-0.4, -0.2) is 4.98 Å². The minimum Gasteiger partial charge on any atom is -0.397 e. The summed E-state index contributed by atoms with van der Waals surface area (Å²) < 4.78 is 0.760. The van der Waals surface area contributed by atoms with Gasteiger partial charge in [0.05, 0.1) is 27.1 Å². The number of hydrogen-bond acceptors (Lipinski definition) is 3. The zero-order chi connectivity index (χ0) is 13.3. The molecule has 0 radical (unpaired) electrons. The average Bonchev–Trinajstić information content (AvgIpc) is 2.29. The summed E-state index contributed by atoms with van der Waals surface area (Å²) in [5, 5.41) is 4.34. The van der Waals surface area contributed by atoms with Crippen molar-refractivity contribution in [3.8, 4) is 0 Å². The predicted octanol–water partition coefficient (Wildman–Crippen LogP) is 4.79. The van der Waals surface area contributed by atoms with E-state index in [0.29, 0.717) is 27.2 Å². The van der Waals surface area contributed by atoms with Crippen LogP contribution in [0.1, 0.15) is 5.56 Å². The van der Waals surface area contributed by atoms with Crippen molar-refractivity contribution in [3.63, 3.8) is 0 Å². The lowest BCUT2D eigenvalue weighted by Crippen LogP contribution is -1.97. The van der Waals surface area contributed by atoms with Gasteiger partial charge in [0.2, 0.25) is 0 Å². The summed E-state index contributed by atoms with van der Waals surface area (Å²) in [5.41, 5.74) is 7.84. The molecule has 0 unspecified atom stereocenters. The van der Waals surface area contributed by atoms with E-state index in [1.807, 2.05) is 6.92 Å². The highest BCUT2D eigenvalue weighted by Gasteiger charge is 2.08. The molecule has 0 saturated heterocycles. The second-order valence-corrected chi connectivity index (χ2v) is 5.47. The van der Waals surface area contributed by atoms with Gasteiger partial charge in [-0.1, -0.05) is 23.2 Å². The minimum atomic E-state index is 0.584. The number of aryl methyl sites for hydroxylation is 1. The lowest BCUT2D eigenvalue weighted by atomic mass is 10.2. The molecule has 1 aromatic carbocycles. The van der Waals surface area contributed by atoms with E-state index in [0.717, 1.165) is 10.0 Å². The number of rotatable bonds is 2. The molecular weight excluding hydrogens is 337 g/mol. The number of anilines is 3. The Morgan fingerprint density at radius 2 is 1.94 bits per heavy atom. The number of halogens is 3. The normalized spacial score (nSPS) is 10.4. The van der Waals surface area contributed by atoms with Crippen LogP contribution in [0.4, 0.5) is 17.2 Å². The zero-order valence-electron chi connectivity index (χ0n) is 9.47. The Morgan fingerprint density at radius 1 is 1.22 bits per heavy atom. The number of benzene rings is 1. The molecule has 3 nitrogen and oxygen atoms in total. The third-order valence-corrected chi connectivity index (χ3v) is 3.69. The second-order valence-electron chi connectivity index (χ2n) is 3.81. The molecule has 0 spiro atoms. The Kier molecular flexibility index (Phi) is 4.00. The van der Waals surface area contributed by atoms with Crippen LogP contribution in [0, 0.1) is 6.92 Å². The third-order valence-electron chi connectivity index (χ3n) is 2.36. The van der Waals surface area contributed by atoms with Gasteiger partial charge in [-0.15, -0.1) is 0 Å². The summed E-state index contributed by atoms with van der Waals surface area (Å²) in [7, 11) is 0. The number of aromatic nitrogens is 1. The van der Waals surface area contributed by atoms with Crippen LogP contribution in [-0.2, 0) is 0 Å². The minimum absolute atomic E-state index is 0.584. The van der Waals surface area contributed by atoms with Gasteiger partial charge >= 0.3 is 0 Å². The molecule has 0 aliphatic carbocycles. The zero-order valence-corrected chi connectivity index (χ0v) is 12.6. The van der Waals surface area contributed by atoms with Crippen molar-refractivity contribution in [2.24, 2.45) is 0 Å². The number of nitrogen functional groups attached to an aromatic ring is 1. The summed E-state index contributed by atoms with van der Waals surface area (Å²) in [6.07, 6.45) is 1.57. The number of pyridine rings is 1. The number of nitrogens with zero attached hydrogens (tertiary/aromatic N) is 1. The van der Waals surface area contributed by atoms with Crippen LogP contribution in [0.3, 0.4) is 0 Å². The summed E-state index contributed by atoms with van der Waals surface area (Å²) in [6, 6.07) is 5.33. The highest BCUT2D eigenvalue weighted by Crippen LogP contribution is 2.32. The summed E-state index contributed by atoms with van der Waals surface area (Å²) in [6.45, 7) is 1.90. The summed E-state index contributed by atoms with van der Waals surface area (Å²) in [5.74, 6) is 0.631. The van der Waals surface area contributed by atoms with E-state index >= 15 is 0 Å². The molecule has 2 aromatic rings. The Bertz CT molecular complexity index is 602. The van der Waals surface area contributed by atoms with Crippen LogP contribution in [0.2, 0.25) is 10.0 Å². The topological polar surface area (TPSA) is 50.9 Å². The monoisotopic (exact) mass is 345 g/mol. The maximum atomic E-state index is 6.15. The van der Waals surface area contributed by atoms with Crippen LogP contribution in [0.25, 0.3) is 0 Å². The van der Waals surface area contributed by atoms with E-state index in [1.165, 1.54) is 0 Å². The molecule has 0 atom stereocenters. The van der Waals surface area contributed by atoms with Gasteiger partial charge < -0.3 is 11.1 Å². The molecule has 1 aromatic heterocycles. The fraction of sp³-hybridized carbons (Fsp3) is 0.0833. The van der Waals surface area contributed by atoms with E-state index in [4.69, 9.17) is 28.9 Å². The maximum Gasteiger partial charge on any atom is 0.144 e. The van der Waals surface area contributed by atoms with E-state index in [2.05, 4.69) is 26.2 Å². The Hall–Kier alpha value is -0.970. The van der Waals surface area contributed by atoms with E-state index in [-0.39, 0.29) is 0 Å². The van der Waals surface area contributed by atoms with Crippen molar-refractivity contribution in [2.45, 2.75) is 6.92 Å². The van der Waals surface area contributed by atoms with Crippen LogP contribution >= 0.6 is 39.1 Å². The van der Waals surface area contributed by atoms with Gasteiger partial charge in [-0.25, -0.2) is 4.98 Å². The standard InChI is InChI=1S/C12H10BrCl2N3/c1-6-2-10(15)11(4-9(6)14)18-12-8(13)3-7(16)5-17-12/h2-5H,16H2,1H3,(H,17,18). The Balaban J connectivity index is 2.37. The summed E-state index contributed by atoms with van der Waals surface area (Å²) in [4.78, 5) is 4.18. The Labute approximate surface area is 123 Å². The van der Waals surface area contributed by atoms with Crippen molar-refractivity contribution in [1.82, 2.24) is 4.98 Å². The van der Waals surface area contributed by atoms with Crippen molar-refractivity contribution < 1.29 is 0 Å². The highest BCUT2D eigenvalue weighted by molar-refractivity contribution is 9.10. The molecule has 3 N–H and O–H groups in total. The predicted molar refractivity (Wildman–Crippen MR) is 80.8 cm³/mol. The largest absolute Gasteiger partial charge is 0.397 e. The summed E-state index contributed by atoms with van der Waals surface area (Å²) >= 11 is 15.6. The SMILES string of the molecule is Cc1cc(Cl)c(Nc2ncc(N)cc2Br)cc1Cl. The average molecular weight is 347 g/mol. The van der Waals surface area contributed by atoms with Gasteiger partial charge in [0.15, 0.2) is 0 Å². The molecule has 18 heavy (non-hydrogen) atoms. The molecule has 0 saturated carbocycles. The van der Waals surface area contributed by atoms with Gasteiger partial charge in [0.25, 0.3) is 0 Å². The van der Waals surface area contributed by atoms with Crippen molar-refractivity contribution in [1.29, 1.82) is 0 Å². The highest BCUT2D eigenvalue weighted by atomic mass is 79.9. The van der Waals surface area contributed by atoms with E-state index in [9.17, 15) is 0 Å². The first-order valence-corrected chi connectivity index (χ1v) is 6.66. The van der Waals surface area contributed by atoms with Crippen molar-refractivity contribution >= 4 is 56.3 Å². The van der Waals surface area contributed by atoms with Gasteiger partial charge in [0, 0.05) is 5.02 Å². The van der Waals surface area contributed by atoms with Gasteiger partial charge in [0.1, 0.15) is 5.82 Å². The van der Waals surface area contributed by atoms with Gasteiger partial charge in [-0.2, -0.15) is 0 Å². The molecule has 94 valence electrons. The molecule has 0 aliphatic rings. The van der Waals surface area contributed by atoms with Crippen molar-refractivity contribution in [2.75, 3.05) is 11.1 Å². The van der Waals surface area contributed by atoms with Gasteiger partial charge in [-0.3, -0.25) is 0 Å². The number of nitrogens with two attached hydrogens (primary N) is 1. The molecule has 0 fully saturated rings.